The predicted molar refractivity (Wildman–Crippen MR) is 71.9 cm³/mol. The van der Waals surface area contributed by atoms with Crippen molar-refractivity contribution in [3.63, 3.8) is 0 Å². The average Bonchev–Trinajstić information content (AvgIpc) is 2.40. The Balaban J connectivity index is 2.05. The Morgan fingerprint density at radius 3 is 2.78 bits per heavy atom. The van der Waals surface area contributed by atoms with Crippen LogP contribution >= 0.6 is 0 Å². The summed E-state index contributed by atoms with van der Waals surface area (Å²) in [7, 11) is 1.82. The van der Waals surface area contributed by atoms with E-state index in [0.717, 1.165) is 25.9 Å². The summed E-state index contributed by atoms with van der Waals surface area (Å²) in [5, 5.41) is 3.12. The molecule has 1 aliphatic rings. The largest absolute Gasteiger partial charge is 0.368 e. The monoisotopic (exact) mass is 247 g/mol. The highest BCUT2D eigenvalue weighted by molar-refractivity contribution is 5.85. The highest BCUT2D eigenvalue weighted by atomic mass is 16.1. The first-order valence-corrected chi connectivity index (χ1v) is 6.41. The second kappa shape index (κ2) is 5.50. The maximum Gasteiger partial charge on any atom is 0.239 e. The zero-order chi connectivity index (χ0) is 13.0. The lowest BCUT2D eigenvalue weighted by Gasteiger charge is -2.40. The van der Waals surface area contributed by atoms with E-state index < -0.39 is 5.54 Å². The molecule has 1 atom stereocenters. The minimum atomic E-state index is -0.562. The first-order chi connectivity index (χ1) is 8.66. The fraction of sp³-hybridized carbons (Fsp3) is 0.500. The summed E-state index contributed by atoms with van der Waals surface area (Å²) in [4.78, 5) is 13.9. The van der Waals surface area contributed by atoms with Crippen LogP contribution in [-0.2, 0) is 11.3 Å². The first kappa shape index (κ1) is 13.1. The quantitative estimate of drug-likeness (QED) is 0.824. The molecule has 1 heterocycles. The molecule has 98 valence electrons. The third kappa shape index (κ3) is 2.71. The van der Waals surface area contributed by atoms with Crippen molar-refractivity contribution in [2.24, 2.45) is 5.73 Å². The van der Waals surface area contributed by atoms with Crippen molar-refractivity contribution in [3.8, 4) is 0 Å². The number of benzene rings is 1. The first-order valence-electron chi connectivity index (χ1n) is 6.41. The average molecular weight is 247 g/mol. The summed E-state index contributed by atoms with van der Waals surface area (Å²) in [6.07, 6.45) is 1.82. The van der Waals surface area contributed by atoms with Crippen LogP contribution in [0.4, 0.5) is 0 Å². The van der Waals surface area contributed by atoms with Crippen LogP contribution in [0.5, 0.6) is 0 Å². The van der Waals surface area contributed by atoms with Gasteiger partial charge >= 0.3 is 0 Å². The lowest BCUT2D eigenvalue weighted by Crippen LogP contribution is -2.62. The normalized spacial score (nSPS) is 24.9. The molecule has 0 radical (unpaired) electrons. The Kier molecular flexibility index (Phi) is 3.99. The fourth-order valence-electron chi connectivity index (χ4n) is 2.65. The number of hydrogen-bond acceptors (Lipinski definition) is 3. The molecule has 0 spiro atoms. The Hall–Kier alpha value is -1.39. The smallest absolute Gasteiger partial charge is 0.239 e. The third-order valence-corrected chi connectivity index (χ3v) is 3.77. The van der Waals surface area contributed by atoms with E-state index in [1.54, 1.807) is 0 Å². The van der Waals surface area contributed by atoms with Gasteiger partial charge in [0.1, 0.15) is 5.54 Å². The number of carbonyl (C=O) groups excluding carboxylic acids is 1. The van der Waals surface area contributed by atoms with Crippen LogP contribution < -0.4 is 11.1 Å². The molecule has 0 saturated carbocycles. The van der Waals surface area contributed by atoms with Gasteiger partial charge in [0, 0.05) is 13.1 Å². The van der Waals surface area contributed by atoms with E-state index in [0.29, 0.717) is 6.54 Å². The van der Waals surface area contributed by atoms with Crippen molar-refractivity contribution in [1.82, 2.24) is 10.2 Å². The molecular formula is C14H21N3O. The van der Waals surface area contributed by atoms with Crippen LogP contribution in [0.3, 0.4) is 0 Å². The van der Waals surface area contributed by atoms with Gasteiger partial charge in [-0.2, -0.15) is 0 Å². The van der Waals surface area contributed by atoms with E-state index >= 15 is 0 Å². The van der Waals surface area contributed by atoms with Crippen LogP contribution in [0, 0.1) is 0 Å². The molecule has 1 amide bonds. The topological polar surface area (TPSA) is 58.4 Å². The van der Waals surface area contributed by atoms with Gasteiger partial charge in [-0.1, -0.05) is 30.3 Å². The molecule has 0 aliphatic carbocycles. The number of piperidine rings is 1. The van der Waals surface area contributed by atoms with Gasteiger partial charge in [0.25, 0.3) is 0 Å². The van der Waals surface area contributed by atoms with Gasteiger partial charge in [-0.25, -0.2) is 0 Å². The highest BCUT2D eigenvalue weighted by Crippen LogP contribution is 2.22. The second-order valence-electron chi connectivity index (χ2n) is 5.00. The van der Waals surface area contributed by atoms with Crippen LogP contribution in [0.2, 0.25) is 0 Å². The lowest BCUT2D eigenvalue weighted by molar-refractivity contribution is -0.126. The number of likely N-dealkylation sites (N-methyl/N-ethyl adjacent to an activating group) is 1. The Bertz CT molecular complexity index is 407. The summed E-state index contributed by atoms with van der Waals surface area (Å²) in [5.74, 6) is -0.247. The second-order valence-corrected chi connectivity index (χ2v) is 5.00. The fourth-order valence-corrected chi connectivity index (χ4v) is 2.65. The van der Waals surface area contributed by atoms with Gasteiger partial charge in [-0.15, -0.1) is 0 Å². The lowest BCUT2D eigenvalue weighted by atomic mass is 9.88. The maximum atomic E-state index is 11.6. The summed E-state index contributed by atoms with van der Waals surface area (Å²) in [6, 6.07) is 10.3. The molecule has 4 nitrogen and oxygen atoms in total. The number of likely N-dealkylation sites (tertiary alicyclic amines) is 1. The minimum Gasteiger partial charge on any atom is -0.368 e. The van der Waals surface area contributed by atoms with E-state index in [2.05, 4.69) is 22.3 Å². The number of carbonyl (C=O) groups is 1. The highest BCUT2D eigenvalue weighted by Gasteiger charge is 2.39. The number of primary amides is 1. The molecule has 0 bridgehead atoms. The third-order valence-electron chi connectivity index (χ3n) is 3.77. The van der Waals surface area contributed by atoms with Gasteiger partial charge in [-0.05, 0) is 32.0 Å². The molecule has 1 fully saturated rings. The van der Waals surface area contributed by atoms with E-state index in [1.807, 2.05) is 25.2 Å². The van der Waals surface area contributed by atoms with Gasteiger partial charge in [0.2, 0.25) is 5.91 Å². The molecule has 3 N–H and O–H groups in total. The molecule has 1 aromatic rings. The van der Waals surface area contributed by atoms with Crippen LogP contribution in [0.25, 0.3) is 0 Å². The molecule has 2 rings (SSSR count). The molecule has 18 heavy (non-hydrogen) atoms. The van der Waals surface area contributed by atoms with Gasteiger partial charge in [-0.3, -0.25) is 9.69 Å². The summed E-state index contributed by atoms with van der Waals surface area (Å²) in [6.45, 7) is 2.58. The van der Waals surface area contributed by atoms with Gasteiger partial charge in [0.05, 0.1) is 0 Å². The zero-order valence-corrected chi connectivity index (χ0v) is 10.9. The molecule has 0 aromatic heterocycles. The van der Waals surface area contributed by atoms with Crippen molar-refractivity contribution >= 4 is 5.91 Å². The predicted octanol–water partition coefficient (Wildman–Crippen LogP) is 0.726. The number of amides is 1. The van der Waals surface area contributed by atoms with Crippen molar-refractivity contribution in [2.75, 3.05) is 20.1 Å². The van der Waals surface area contributed by atoms with Gasteiger partial charge in [0.15, 0.2) is 0 Å². The summed E-state index contributed by atoms with van der Waals surface area (Å²) in [5.41, 5.74) is 6.25. The van der Waals surface area contributed by atoms with Crippen molar-refractivity contribution in [2.45, 2.75) is 24.9 Å². The maximum absolute atomic E-state index is 11.6. The van der Waals surface area contributed by atoms with Gasteiger partial charge < -0.3 is 11.1 Å². The van der Waals surface area contributed by atoms with Crippen LogP contribution in [-0.4, -0.2) is 36.5 Å². The number of nitrogens with zero attached hydrogens (tertiary/aromatic N) is 1. The number of nitrogens with two attached hydrogens (primary N) is 1. The molecule has 1 aromatic carbocycles. The molecule has 1 saturated heterocycles. The Labute approximate surface area is 108 Å². The minimum absolute atomic E-state index is 0.247. The van der Waals surface area contributed by atoms with Crippen molar-refractivity contribution in [3.05, 3.63) is 35.9 Å². The number of rotatable bonds is 4. The number of hydrogen-bond donors (Lipinski definition) is 2. The molecule has 4 heteroatoms. The standard InChI is InChI=1S/C14H21N3O/c1-16-14(13(15)18)8-5-9-17(11-14)10-12-6-3-2-4-7-12/h2-4,6-7,16H,5,8-11H2,1H3,(H2,15,18). The summed E-state index contributed by atoms with van der Waals surface area (Å²) < 4.78 is 0. The molecule has 1 aliphatic heterocycles. The van der Waals surface area contributed by atoms with Crippen LogP contribution in [0.15, 0.2) is 30.3 Å². The molecular weight excluding hydrogens is 226 g/mol. The molecule has 1 unspecified atom stereocenters. The summed E-state index contributed by atoms with van der Waals surface area (Å²) >= 11 is 0. The van der Waals surface area contributed by atoms with E-state index in [9.17, 15) is 4.79 Å². The zero-order valence-electron chi connectivity index (χ0n) is 10.9. The van der Waals surface area contributed by atoms with E-state index in [4.69, 9.17) is 5.73 Å². The Morgan fingerprint density at radius 1 is 1.44 bits per heavy atom. The van der Waals surface area contributed by atoms with Crippen LogP contribution in [0.1, 0.15) is 18.4 Å². The Morgan fingerprint density at radius 2 is 2.17 bits per heavy atom. The van der Waals surface area contributed by atoms with E-state index in [1.165, 1.54) is 5.56 Å². The van der Waals surface area contributed by atoms with E-state index in [-0.39, 0.29) is 5.91 Å². The van der Waals surface area contributed by atoms with Crippen molar-refractivity contribution in [1.29, 1.82) is 0 Å². The number of nitrogens with one attached hydrogen (secondary N) is 1. The van der Waals surface area contributed by atoms with Crippen molar-refractivity contribution < 1.29 is 4.79 Å². The SMILES string of the molecule is CNC1(C(N)=O)CCCN(Cc2ccccc2)C1.